The maximum Gasteiger partial charge on any atom is 0.307 e. The molecule has 0 aromatic carbocycles. The van der Waals surface area contributed by atoms with Gasteiger partial charge in [-0.3, -0.25) is 9.69 Å². The van der Waals surface area contributed by atoms with Gasteiger partial charge in [0.15, 0.2) is 0 Å². The summed E-state index contributed by atoms with van der Waals surface area (Å²) in [5.74, 6) is 1.34. The highest BCUT2D eigenvalue weighted by Crippen LogP contribution is 2.37. The predicted octanol–water partition coefficient (Wildman–Crippen LogP) is 2.90. The summed E-state index contributed by atoms with van der Waals surface area (Å²) in [6.07, 6.45) is 5.93. The highest BCUT2D eigenvalue weighted by Gasteiger charge is 2.50. The van der Waals surface area contributed by atoms with Crippen LogP contribution in [0.3, 0.4) is 0 Å². The number of methoxy groups -OCH3 is 1. The third-order valence-corrected chi connectivity index (χ3v) is 6.60. The summed E-state index contributed by atoms with van der Waals surface area (Å²) in [5, 5.41) is 4.17. The lowest BCUT2D eigenvalue weighted by atomic mass is 9.82. The summed E-state index contributed by atoms with van der Waals surface area (Å²) in [6, 6.07) is 1.98. The zero-order chi connectivity index (χ0) is 20.4. The monoisotopic (exact) mass is 416 g/mol. The number of ether oxygens (including phenoxy) is 1. The molecule has 4 rings (SSSR count). The summed E-state index contributed by atoms with van der Waals surface area (Å²) in [6.45, 7) is 7.64. The van der Waals surface area contributed by atoms with Gasteiger partial charge in [0.2, 0.25) is 5.95 Å². The number of likely N-dealkylation sites (tertiary alicyclic amines) is 1. The standard InChI is InChI=1S/C20H28N6O2S/c1-14-11-21-19(22-16-9-15(2)24-29-16)23-18(14)25-12-20(13-25,10-17(27)28-3)26-7-5-4-6-8-26/h9,11H,4-8,10,12-13H2,1-3H3,(H,21,22,23). The number of hydrogen-bond donors (Lipinski definition) is 1. The van der Waals surface area contributed by atoms with Gasteiger partial charge in [0, 0.05) is 24.8 Å². The minimum Gasteiger partial charge on any atom is -0.469 e. The summed E-state index contributed by atoms with van der Waals surface area (Å²) in [5.41, 5.74) is 1.84. The van der Waals surface area contributed by atoms with E-state index in [0.29, 0.717) is 12.4 Å². The number of piperidine rings is 1. The molecule has 2 aliphatic heterocycles. The average molecular weight is 417 g/mol. The van der Waals surface area contributed by atoms with Crippen LogP contribution in [0.25, 0.3) is 0 Å². The van der Waals surface area contributed by atoms with E-state index in [1.165, 1.54) is 37.9 Å². The number of nitrogens with one attached hydrogen (secondary N) is 1. The number of carbonyl (C=O) groups excluding carboxylic acids is 1. The van der Waals surface area contributed by atoms with Crippen LogP contribution in [-0.4, -0.2) is 64.0 Å². The number of nitrogens with zero attached hydrogens (tertiary/aromatic N) is 5. The molecule has 9 heteroatoms. The van der Waals surface area contributed by atoms with Gasteiger partial charge in [-0.2, -0.15) is 9.36 Å². The van der Waals surface area contributed by atoms with Crippen molar-refractivity contribution < 1.29 is 9.53 Å². The molecule has 0 atom stereocenters. The van der Waals surface area contributed by atoms with Crippen LogP contribution in [0.4, 0.5) is 16.8 Å². The van der Waals surface area contributed by atoms with Crippen LogP contribution in [0.15, 0.2) is 12.3 Å². The van der Waals surface area contributed by atoms with E-state index in [-0.39, 0.29) is 11.5 Å². The van der Waals surface area contributed by atoms with Gasteiger partial charge in [-0.25, -0.2) is 4.98 Å². The molecular weight excluding hydrogens is 388 g/mol. The molecule has 2 aliphatic rings. The van der Waals surface area contributed by atoms with Crippen molar-refractivity contribution in [2.24, 2.45) is 0 Å². The Balaban J connectivity index is 1.51. The van der Waals surface area contributed by atoms with E-state index in [1.54, 1.807) is 0 Å². The van der Waals surface area contributed by atoms with Crippen LogP contribution in [0.5, 0.6) is 0 Å². The first-order valence-electron chi connectivity index (χ1n) is 10.1. The normalized spacial score (nSPS) is 18.9. The Bertz CT molecular complexity index is 874. The Labute approximate surface area is 175 Å². The molecule has 2 aromatic heterocycles. The Morgan fingerprint density at radius 2 is 2.03 bits per heavy atom. The molecule has 0 unspecified atom stereocenters. The van der Waals surface area contributed by atoms with Gasteiger partial charge in [-0.15, -0.1) is 0 Å². The zero-order valence-electron chi connectivity index (χ0n) is 17.3. The third-order valence-electron chi connectivity index (χ3n) is 5.81. The highest BCUT2D eigenvalue weighted by molar-refractivity contribution is 7.10. The quantitative estimate of drug-likeness (QED) is 0.720. The van der Waals surface area contributed by atoms with Gasteiger partial charge < -0.3 is 15.0 Å². The van der Waals surface area contributed by atoms with Crippen LogP contribution in [0.1, 0.15) is 36.9 Å². The summed E-state index contributed by atoms with van der Waals surface area (Å²) >= 11 is 1.40. The van der Waals surface area contributed by atoms with E-state index in [0.717, 1.165) is 48.3 Å². The lowest BCUT2D eigenvalue weighted by Gasteiger charge is -2.57. The lowest BCUT2D eigenvalue weighted by Crippen LogP contribution is -2.72. The molecule has 0 spiro atoms. The van der Waals surface area contributed by atoms with Crippen LogP contribution < -0.4 is 10.2 Å². The Morgan fingerprint density at radius 3 is 2.69 bits per heavy atom. The topological polar surface area (TPSA) is 83.5 Å². The number of aromatic nitrogens is 3. The first kappa shape index (κ1) is 20.0. The number of aryl methyl sites for hydroxylation is 2. The Morgan fingerprint density at radius 1 is 1.28 bits per heavy atom. The van der Waals surface area contributed by atoms with Crippen LogP contribution in [-0.2, 0) is 9.53 Å². The van der Waals surface area contributed by atoms with Gasteiger partial charge in [-0.05, 0) is 57.4 Å². The van der Waals surface area contributed by atoms with Crippen LogP contribution in [0, 0.1) is 13.8 Å². The number of carbonyl (C=O) groups is 1. The van der Waals surface area contributed by atoms with Gasteiger partial charge in [0.1, 0.15) is 10.8 Å². The third kappa shape index (κ3) is 4.20. The van der Waals surface area contributed by atoms with E-state index < -0.39 is 0 Å². The number of esters is 1. The molecule has 0 saturated carbocycles. The van der Waals surface area contributed by atoms with Crippen molar-refractivity contribution in [1.82, 2.24) is 19.2 Å². The zero-order valence-corrected chi connectivity index (χ0v) is 18.1. The minimum absolute atomic E-state index is 0.141. The number of hydrogen-bond acceptors (Lipinski definition) is 9. The lowest BCUT2D eigenvalue weighted by molar-refractivity contribution is -0.145. The molecule has 8 nitrogen and oxygen atoms in total. The highest BCUT2D eigenvalue weighted by atomic mass is 32.1. The molecule has 4 heterocycles. The fourth-order valence-corrected chi connectivity index (χ4v) is 4.95. The van der Waals surface area contributed by atoms with Gasteiger partial charge in [0.25, 0.3) is 0 Å². The smallest absolute Gasteiger partial charge is 0.307 e. The molecule has 2 aromatic rings. The minimum atomic E-state index is -0.159. The molecule has 156 valence electrons. The first-order chi connectivity index (χ1) is 14.0. The molecule has 1 N–H and O–H groups in total. The molecule has 0 bridgehead atoms. The fraction of sp³-hybridized carbons (Fsp3) is 0.600. The van der Waals surface area contributed by atoms with Crippen LogP contribution >= 0.6 is 11.5 Å². The van der Waals surface area contributed by atoms with Crippen molar-refractivity contribution in [2.75, 3.05) is 43.5 Å². The van der Waals surface area contributed by atoms with Crippen molar-refractivity contribution in [3.8, 4) is 0 Å². The number of anilines is 3. The summed E-state index contributed by atoms with van der Waals surface area (Å²) in [7, 11) is 1.47. The first-order valence-corrected chi connectivity index (χ1v) is 10.9. The average Bonchev–Trinajstić information content (AvgIpc) is 3.11. The molecular formula is C20H28N6O2S. The second-order valence-corrected chi connectivity index (χ2v) is 8.84. The molecule has 0 amide bonds. The molecule has 2 saturated heterocycles. The second kappa shape index (κ2) is 8.23. The van der Waals surface area contributed by atoms with E-state index in [1.807, 2.05) is 26.1 Å². The second-order valence-electron chi connectivity index (χ2n) is 8.04. The number of rotatable bonds is 6. The summed E-state index contributed by atoms with van der Waals surface area (Å²) in [4.78, 5) is 26.0. The molecule has 0 aliphatic carbocycles. The van der Waals surface area contributed by atoms with Crippen molar-refractivity contribution in [3.63, 3.8) is 0 Å². The SMILES string of the molecule is COC(=O)CC1(N2CCCCC2)CN(c2nc(Nc3cc(C)ns3)ncc2C)C1. The van der Waals surface area contributed by atoms with Crippen molar-refractivity contribution in [2.45, 2.75) is 45.1 Å². The largest absolute Gasteiger partial charge is 0.469 e. The van der Waals surface area contributed by atoms with Gasteiger partial charge in [-0.1, -0.05) is 6.42 Å². The van der Waals surface area contributed by atoms with E-state index >= 15 is 0 Å². The maximum absolute atomic E-state index is 12.1. The van der Waals surface area contributed by atoms with Gasteiger partial charge in [0.05, 0.1) is 24.8 Å². The maximum atomic E-state index is 12.1. The van der Waals surface area contributed by atoms with E-state index in [4.69, 9.17) is 9.72 Å². The Kier molecular flexibility index (Phi) is 5.69. The van der Waals surface area contributed by atoms with E-state index in [2.05, 4.69) is 24.5 Å². The fourth-order valence-electron chi connectivity index (χ4n) is 4.29. The van der Waals surface area contributed by atoms with Crippen LogP contribution in [0.2, 0.25) is 0 Å². The Hall–Kier alpha value is -2.26. The van der Waals surface area contributed by atoms with Crippen molar-refractivity contribution in [3.05, 3.63) is 23.5 Å². The molecule has 0 radical (unpaired) electrons. The van der Waals surface area contributed by atoms with Crippen molar-refractivity contribution >= 4 is 34.3 Å². The summed E-state index contributed by atoms with van der Waals surface area (Å²) < 4.78 is 9.29. The molecule has 29 heavy (non-hydrogen) atoms. The van der Waals surface area contributed by atoms with Crippen molar-refractivity contribution in [1.29, 1.82) is 0 Å². The predicted molar refractivity (Wildman–Crippen MR) is 114 cm³/mol. The van der Waals surface area contributed by atoms with E-state index in [9.17, 15) is 4.79 Å². The van der Waals surface area contributed by atoms with Gasteiger partial charge >= 0.3 is 5.97 Å². The molecule has 2 fully saturated rings.